The Labute approximate surface area is 155 Å². The maximum atomic E-state index is 12.2. The van der Waals surface area contributed by atoms with Crippen LogP contribution in [0.2, 0.25) is 0 Å². The molecule has 0 radical (unpaired) electrons. The lowest BCUT2D eigenvalue weighted by Gasteiger charge is -2.26. The fourth-order valence-electron chi connectivity index (χ4n) is 3.38. The highest BCUT2D eigenvalue weighted by Gasteiger charge is 2.29. The molecule has 0 spiro atoms. The molecule has 1 unspecified atom stereocenters. The first-order valence-electron chi connectivity index (χ1n) is 9.15. The monoisotopic (exact) mass is 353 g/mol. The SMILES string of the molecule is CC(C)(C)OC(=O)Nc1ncccc1C1CCCN1Cc1ccccc1. The number of carbonyl (C=O) groups is 1. The molecule has 1 saturated heterocycles. The minimum Gasteiger partial charge on any atom is -0.444 e. The van der Waals surface area contributed by atoms with E-state index in [1.54, 1.807) is 6.20 Å². The Morgan fingerprint density at radius 2 is 2.00 bits per heavy atom. The number of pyridine rings is 1. The van der Waals surface area contributed by atoms with E-state index in [0.29, 0.717) is 5.82 Å². The second kappa shape index (κ2) is 7.87. The Hall–Kier alpha value is -2.40. The van der Waals surface area contributed by atoms with Crippen LogP contribution in [-0.4, -0.2) is 28.1 Å². The van der Waals surface area contributed by atoms with E-state index in [1.165, 1.54) is 5.56 Å². The smallest absolute Gasteiger partial charge is 0.413 e. The van der Waals surface area contributed by atoms with Gasteiger partial charge in [-0.25, -0.2) is 9.78 Å². The van der Waals surface area contributed by atoms with E-state index in [4.69, 9.17) is 4.74 Å². The summed E-state index contributed by atoms with van der Waals surface area (Å²) in [7, 11) is 0. The zero-order chi connectivity index (χ0) is 18.6. The maximum absolute atomic E-state index is 12.2. The predicted molar refractivity (Wildman–Crippen MR) is 103 cm³/mol. The van der Waals surface area contributed by atoms with Crippen molar-refractivity contribution in [2.45, 2.75) is 51.8 Å². The van der Waals surface area contributed by atoms with Gasteiger partial charge in [-0.2, -0.15) is 0 Å². The summed E-state index contributed by atoms with van der Waals surface area (Å²) in [4.78, 5) is 19.0. The summed E-state index contributed by atoms with van der Waals surface area (Å²) in [5.74, 6) is 0.590. The zero-order valence-electron chi connectivity index (χ0n) is 15.7. The molecular weight excluding hydrogens is 326 g/mol. The number of amides is 1. The van der Waals surface area contributed by atoms with Crippen LogP contribution in [0.1, 0.15) is 50.8 Å². The molecule has 1 aromatic heterocycles. The number of hydrogen-bond donors (Lipinski definition) is 1. The Kier molecular flexibility index (Phi) is 5.57. The molecule has 1 aliphatic rings. The fourth-order valence-corrected chi connectivity index (χ4v) is 3.38. The van der Waals surface area contributed by atoms with E-state index in [-0.39, 0.29) is 6.04 Å². The molecule has 0 saturated carbocycles. The number of nitrogens with one attached hydrogen (secondary N) is 1. The predicted octanol–water partition coefficient (Wildman–Crippen LogP) is 4.77. The van der Waals surface area contributed by atoms with Gasteiger partial charge in [0, 0.05) is 24.3 Å². The van der Waals surface area contributed by atoms with Crippen LogP contribution >= 0.6 is 0 Å². The number of benzene rings is 1. The Morgan fingerprint density at radius 3 is 2.73 bits per heavy atom. The molecular formula is C21H27N3O2. The van der Waals surface area contributed by atoms with E-state index in [1.807, 2.05) is 39.0 Å². The van der Waals surface area contributed by atoms with E-state index in [2.05, 4.69) is 39.5 Å². The molecule has 1 aromatic carbocycles. The summed E-state index contributed by atoms with van der Waals surface area (Å²) in [5.41, 5.74) is 1.81. The van der Waals surface area contributed by atoms with Gasteiger partial charge in [-0.3, -0.25) is 10.2 Å². The summed E-state index contributed by atoms with van der Waals surface area (Å²) < 4.78 is 5.38. The maximum Gasteiger partial charge on any atom is 0.413 e. The molecule has 2 aromatic rings. The summed E-state index contributed by atoms with van der Waals surface area (Å²) in [6, 6.07) is 14.7. The minimum atomic E-state index is -0.536. The van der Waals surface area contributed by atoms with Gasteiger partial charge in [0.1, 0.15) is 11.4 Å². The average Bonchev–Trinajstić information content (AvgIpc) is 3.02. The lowest BCUT2D eigenvalue weighted by atomic mass is 10.0. The summed E-state index contributed by atoms with van der Waals surface area (Å²) in [5, 5.41) is 2.83. The summed E-state index contributed by atoms with van der Waals surface area (Å²) >= 11 is 0. The number of aromatic nitrogens is 1. The van der Waals surface area contributed by atoms with Gasteiger partial charge in [0.05, 0.1) is 0 Å². The third-order valence-electron chi connectivity index (χ3n) is 4.41. The first kappa shape index (κ1) is 18.4. The van der Waals surface area contributed by atoms with E-state index in [9.17, 15) is 4.79 Å². The Bertz CT molecular complexity index is 740. The molecule has 1 aliphatic heterocycles. The number of anilines is 1. The zero-order valence-corrected chi connectivity index (χ0v) is 15.7. The number of rotatable bonds is 4. The molecule has 0 bridgehead atoms. The van der Waals surface area contributed by atoms with Crippen LogP contribution in [0.5, 0.6) is 0 Å². The van der Waals surface area contributed by atoms with Crippen molar-refractivity contribution in [2.24, 2.45) is 0 Å². The quantitative estimate of drug-likeness (QED) is 0.860. The number of carbonyl (C=O) groups excluding carboxylic acids is 1. The van der Waals surface area contributed by atoms with Crippen LogP contribution in [0.15, 0.2) is 48.7 Å². The largest absolute Gasteiger partial charge is 0.444 e. The standard InChI is InChI=1S/C21H27N3O2/c1-21(2,3)26-20(25)23-19-17(11-7-13-22-19)18-12-8-14-24(18)15-16-9-5-4-6-10-16/h4-7,9-11,13,18H,8,12,14-15H2,1-3H3,(H,22,23,25). The average molecular weight is 353 g/mol. The lowest BCUT2D eigenvalue weighted by Crippen LogP contribution is -2.29. The number of nitrogens with zero attached hydrogens (tertiary/aromatic N) is 2. The highest BCUT2D eigenvalue weighted by atomic mass is 16.6. The molecule has 0 aliphatic carbocycles. The molecule has 5 nitrogen and oxygen atoms in total. The van der Waals surface area contributed by atoms with Crippen molar-refractivity contribution in [1.82, 2.24) is 9.88 Å². The second-order valence-corrected chi connectivity index (χ2v) is 7.68. The van der Waals surface area contributed by atoms with Crippen molar-refractivity contribution in [3.05, 3.63) is 59.8 Å². The molecule has 2 heterocycles. The lowest BCUT2D eigenvalue weighted by molar-refractivity contribution is 0.0635. The van der Waals surface area contributed by atoms with E-state index >= 15 is 0 Å². The van der Waals surface area contributed by atoms with E-state index in [0.717, 1.165) is 31.5 Å². The normalized spacial score (nSPS) is 17.9. The van der Waals surface area contributed by atoms with Gasteiger partial charge >= 0.3 is 6.09 Å². The van der Waals surface area contributed by atoms with Crippen molar-refractivity contribution in [3.8, 4) is 0 Å². The molecule has 5 heteroatoms. The summed E-state index contributed by atoms with van der Waals surface area (Å²) in [6.45, 7) is 7.49. The van der Waals surface area contributed by atoms with Gasteiger partial charge in [0.15, 0.2) is 0 Å². The van der Waals surface area contributed by atoms with Crippen molar-refractivity contribution in [3.63, 3.8) is 0 Å². The topological polar surface area (TPSA) is 54.5 Å². The van der Waals surface area contributed by atoms with Gasteiger partial charge in [-0.1, -0.05) is 36.4 Å². The number of likely N-dealkylation sites (tertiary alicyclic amines) is 1. The summed E-state index contributed by atoms with van der Waals surface area (Å²) in [6.07, 6.45) is 3.43. The number of hydrogen-bond acceptors (Lipinski definition) is 4. The van der Waals surface area contributed by atoms with Crippen LogP contribution in [0.4, 0.5) is 10.6 Å². The van der Waals surface area contributed by atoms with Gasteiger partial charge in [-0.15, -0.1) is 0 Å². The van der Waals surface area contributed by atoms with Gasteiger partial charge in [0.25, 0.3) is 0 Å². The van der Waals surface area contributed by atoms with Gasteiger partial charge < -0.3 is 4.74 Å². The first-order valence-corrected chi connectivity index (χ1v) is 9.15. The van der Waals surface area contributed by atoms with Crippen LogP contribution in [-0.2, 0) is 11.3 Å². The Balaban J connectivity index is 1.76. The molecule has 26 heavy (non-hydrogen) atoms. The van der Waals surface area contributed by atoms with Crippen molar-refractivity contribution in [1.29, 1.82) is 0 Å². The van der Waals surface area contributed by atoms with Crippen molar-refractivity contribution in [2.75, 3.05) is 11.9 Å². The highest BCUT2D eigenvalue weighted by molar-refractivity contribution is 5.84. The molecule has 3 rings (SSSR count). The number of ether oxygens (including phenoxy) is 1. The molecule has 1 fully saturated rings. The third-order valence-corrected chi connectivity index (χ3v) is 4.41. The highest BCUT2D eigenvalue weighted by Crippen LogP contribution is 2.36. The van der Waals surface area contributed by atoms with Crippen LogP contribution in [0.3, 0.4) is 0 Å². The molecule has 1 N–H and O–H groups in total. The van der Waals surface area contributed by atoms with Gasteiger partial charge in [-0.05, 0) is 51.8 Å². The van der Waals surface area contributed by atoms with Crippen LogP contribution in [0, 0.1) is 0 Å². The van der Waals surface area contributed by atoms with Crippen LogP contribution < -0.4 is 5.32 Å². The molecule has 138 valence electrons. The van der Waals surface area contributed by atoms with Crippen molar-refractivity contribution < 1.29 is 9.53 Å². The molecule has 1 atom stereocenters. The third kappa shape index (κ3) is 4.82. The van der Waals surface area contributed by atoms with Gasteiger partial charge in [0.2, 0.25) is 0 Å². The molecule has 1 amide bonds. The second-order valence-electron chi connectivity index (χ2n) is 7.68. The fraction of sp³-hybridized carbons (Fsp3) is 0.429. The minimum absolute atomic E-state index is 0.244. The first-order chi connectivity index (χ1) is 12.4. The van der Waals surface area contributed by atoms with E-state index < -0.39 is 11.7 Å². The Morgan fingerprint density at radius 1 is 1.23 bits per heavy atom. The van der Waals surface area contributed by atoms with Crippen LogP contribution in [0.25, 0.3) is 0 Å². The van der Waals surface area contributed by atoms with Crippen molar-refractivity contribution >= 4 is 11.9 Å².